The molecule has 2 N–H and O–H groups in total. The first-order chi connectivity index (χ1) is 12.2. The van der Waals surface area contributed by atoms with E-state index in [0.717, 1.165) is 43.9 Å². The number of nitrogens with zero attached hydrogens (tertiary/aromatic N) is 1. The zero-order valence-corrected chi connectivity index (χ0v) is 14.5. The van der Waals surface area contributed by atoms with Crippen LogP contribution in [0, 0.1) is 5.82 Å². The minimum atomic E-state index is -0.282. The zero-order valence-electron chi connectivity index (χ0n) is 14.5. The Morgan fingerprint density at radius 3 is 2.48 bits per heavy atom. The molecule has 5 heteroatoms. The standard InChI is InChI=1S/C20H24FN3O/c1-2-24-13-11-17(12-14-24)23-20(25)18-5-3-4-6-19(18)22-16-9-7-15(21)8-10-16/h3-10,17,22H,2,11-14H2,1H3,(H,23,25). The molecular formula is C20H24FN3O. The number of hydrogen-bond acceptors (Lipinski definition) is 3. The molecule has 4 nitrogen and oxygen atoms in total. The second-order valence-electron chi connectivity index (χ2n) is 6.36. The van der Waals surface area contributed by atoms with E-state index >= 15 is 0 Å². The van der Waals surface area contributed by atoms with E-state index in [1.807, 2.05) is 24.3 Å². The summed E-state index contributed by atoms with van der Waals surface area (Å²) in [5.74, 6) is -0.352. The molecule has 1 fully saturated rings. The molecule has 2 aromatic carbocycles. The topological polar surface area (TPSA) is 44.4 Å². The quantitative estimate of drug-likeness (QED) is 0.870. The normalized spacial score (nSPS) is 15.8. The van der Waals surface area contributed by atoms with Gasteiger partial charge in [-0.05, 0) is 55.8 Å². The van der Waals surface area contributed by atoms with Gasteiger partial charge < -0.3 is 15.5 Å². The Morgan fingerprint density at radius 1 is 1.12 bits per heavy atom. The van der Waals surface area contributed by atoms with Crippen molar-refractivity contribution in [1.29, 1.82) is 0 Å². The molecule has 0 spiro atoms. The Kier molecular flexibility index (Phi) is 5.66. The predicted octanol–water partition coefficient (Wildman–Crippen LogP) is 3.78. The van der Waals surface area contributed by atoms with Crippen molar-refractivity contribution in [2.75, 3.05) is 25.0 Å². The van der Waals surface area contributed by atoms with Gasteiger partial charge in [0.1, 0.15) is 5.82 Å². The van der Waals surface area contributed by atoms with Gasteiger partial charge in [0.15, 0.2) is 0 Å². The van der Waals surface area contributed by atoms with E-state index in [0.29, 0.717) is 5.56 Å². The highest BCUT2D eigenvalue weighted by molar-refractivity contribution is 6.00. The molecule has 1 saturated heterocycles. The number of hydrogen-bond donors (Lipinski definition) is 2. The third kappa shape index (κ3) is 4.57. The van der Waals surface area contributed by atoms with Crippen LogP contribution < -0.4 is 10.6 Å². The van der Waals surface area contributed by atoms with Crippen LogP contribution in [-0.2, 0) is 0 Å². The summed E-state index contributed by atoms with van der Waals surface area (Å²) in [4.78, 5) is 15.1. The van der Waals surface area contributed by atoms with Crippen molar-refractivity contribution in [3.63, 3.8) is 0 Å². The fourth-order valence-electron chi connectivity index (χ4n) is 3.14. The highest BCUT2D eigenvalue weighted by Crippen LogP contribution is 2.22. The molecule has 25 heavy (non-hydrogen) atoms. The molecule has 2 aromatic rings. The number of rotatable bonds is 5. The SMILES string of the molecule is CCN1CCC(NC(=O)c2ccccc2Nc2ccc(F)cc2)CC1. The number of anilines is 2. The largest absolute Gasteiger partial charge is 0.355 e. The molecule has 0 atom stereocenters. The number of benzene rings is 2. The molecular weight excluding hydrogens is 317 g/mol. The molecule has 3 rings (SSSR count). The molecule has 0 unspecified atom stereocenters. The maximum Gasteiger partial charge on any atom is 0.253 e. The molecule has 0 radical (unpaired) electrons. The highest BCUT2D eigenvalue weighted by atomic mass is 19.1. The summed E-state index contributed by atoms with van der Waals surface area (Å²) in [5, 5.41) is 6.35. The van der Waals surface area contributed by atoms with Crippen LogP contribution in [-0.4, -0.2) is 36.5 Å². The third-order valence-corrected chi connectivity index (χ3v) is 4.66. The smallest absolute Gasteiger partial charge is 0.253 e. The lowest BCUT2D eigenvalue weighted by molar-refractivity contribution is 0.0913. The van der Waals surface area contributed by atoms with Crippen LogP contribution in [0.4, 0.5) is 15.8 Å². The Bertz CT molecular complexity index is 709. The molecule has 1 aliphatic heterocycles. The second-order valence-corrected chi connectivity index (χ2v) is 6.36. The molecule has 0 bridgehead atoms. The first kappa shape index (κ1) is 17.4. The number of halogens is 1. The highest BCUT2D eigenvalue weighted by Gasteiger charge is 2.21. The number of piperidine rings is 1. The Balaban J connectivity index is 1.67. The van der Waals surface area contributed by atoms with Crippen molar-refractivity contribution < 1.29 is 9.18 Å². The van der Waals surface area contributed by atoms with Gasteiger partial charge in [-0.2, -0.15) is 0 Å². The molecule has 0 aliphatic carbocycles. The van der Waals surface area contributed by atoms with E-state index in [9.17, 15) is 9.18 Å². The van der Waals surface area contributed by atoms with Gasteiger partial charge in [0.05, 0.1) is 11.3 Å². The van der Waals surface area contributed by atoms with Crippen LogP contribution in [0.15, 0.2) is 48.5 Å². The summed E-state index contributed by atoms with van der Waals surface area (Å²) in [7, 11) is 0. The van der Waals surface area contributed by atoms with E-state index in [1.165, 1.54) is 12.1 Å². The average molecular weight is 341 g/mol. The minimum Gasteiger partial charge on any atom is -0.355 e. The third-order valence-electron chi connectivity index (χ3n) is 4.66. The van der Waals surface area contributed by atoms with Gasteiger partial charge in [0, 0.05) is 24.8 Å². The fourth-order valence-corrected chi connectivity index (χ4v) is 3.14. The number of nitrogens with one attached hydrogen (secondary N) is 2. The molecule has 1 amide bonds. The summed E-state index contributed by atoms with van der Waals surface area (Å²) < 4.78 is 13.1. The van der Waals surface area contributed by atoms with Gasteiger partial charge >= 0.3 is 0 Å². The van der Waals surface area contributed by atoms with Crippen LogP contribution in [0.3, 0.4) is 0 Å². The van der Waals surface area contributed by atoms with Gasteiger partial charge in [0.25, 0.3) is 5.91 Å². The summed E-state index contributed by atoms with van der Waals surface area (Å²) in [6.07, 6.45) is 1.96. The summed E-state index contributed by atoms with van der Waals surface area (Å²) >= 11 is 0. The maximum atomic E-state index is 13.1. The molecule has 0 saturated carbocycles. The van der Waals surface area contributed by atoms with Crippen LogP contribution in [0.5, 0.6) is 0 Å². The molecule has 1 aliphatic rings. The molecule has 1 heterocycles. The Labute approximate surface area is 148 Å². The number of amides is 1. The van der Waals surface area contributed by atoms with Crippen LogP contribution in [0.1, 0.15) is 30.1 Å². The first-order valence-corrected chi connectivity index (χ1v) is 8.80. The van der Waals surface area contributed by atoms with E-state index in [4.69, 9.17) is 0 Å². The Hall–Kier alpha value is -2.40. The van der Waals surface area contributed by atoms with Gasteiger partial charge in [0.2, 0.25) is 0 Å². The van der Waals surface area contributed by atoms with E-state index in [-0.39, 0.29) is 17.8 Å². The predicted molar refractivity (Wildman–Crippen MR) is 98.7 cm³/mol. The number of carbonyl (C=O) groups is 1. The number of carbonyl (C=O) groups excluding carboxylic acids is 1. The molecule has 0 aromatic heterocycles. The van der Waals surface area contributed by atoms with Crippen molar-refractivity contribution in [3.05, 3.63) is 59.9 Å². The molecule has 132 valence electrons. The summed E-state index contributed by atoms with van der Waals surface area (Å²) in [6.45, 7) is 5.27. The van der Waals surface area contributed by atoms with Crippen molar-refractivity contribution in [2.24, 2.45) is 0 Å². The van der Waals surface area contributed by atoms with Gasteiger partial charge in [-0.3, -0.25) is 4.79 Å². The average Bonchev–Trinajstić information content (AvgIpc) is 2.64. The van der Waals surface area contributed by atoms with E-state index in [2.05, 4.69) is 22.5 Å². The Morgan fingerprint density at radius 2 is 1.80 bits per heavy atom. The van der Waals surface area contributed by atoms with Gasteiger partial charge in [-0.15, -0.1) is 0 Å². The maximum absolute atomic E-state index is 13.1. The van der Waals surface area contributed by atoms with E-state index in [1.54, 1.807) is 12.1 Å². The fraction of sp³-hybridized carbons (Fsp3) is 0.350. The summed E-state index contributed by atoms with van der Waals surface area (Å²) in [5.41, 5.74) is 2.07. The lowest BCUT2D eigenvalue weighted by Crippen LogP contribution is -2.44. The van der Waals surface area contributed by atoms with Crippen molar-refractivity contribution >= 4 is 17.3 Å². The minimum absolute atomic E-state index is 0.0693. The lowest BCUT2D eigenvalue weighted by atomic mass is 10.0. The van der Waals surface area contributed by atoms with E-state index < -0.39 is 0 Å². The number of likely N-dealkylation sites (tertiary alicyclic amines) is 1. The van der Waals surface area contributed by atoms with Gasteiger partial charge in [-0.25, -0.2) is 4.39 Å². The van der Waals surface area contributed by atoms with Crippen LogP contribution in [0.25, 0.3) is 0 Å². The van der Waals surface area contributed by atoms with Crippen molar-refractivity contribution in [2.45, 2.75) is 25.8 Å². The first-order valence-electron chi connectivity index (χ1n) is 8.80. The monoisotopic (exact) mass is 341 g/mol. The van der Waals surface area contributed by atoms with Crippen molar-refractivity contribution in [3.8, 4) is 0 Å². The van der Waals surface area contributed by atoms with Crippen LogP contribution >= 0.6 is 0 Å². The van der Waals surface area contributed by atoms with Gasteiger partial charge in [-0.1, -0.05) is 19.1 Å². The number of para-hydroxylation sites is 1. The van der Waals surface area contributed by atoms with Crippen molar-refractivity contribution in [1.82, 2.24) is 10.2 Å². The zero-order chi connectivity index (χ0) is 17.6. The lowest BCUT2D eigenvalue weighted by Gasteiger charge is -2.31. The van der Waals surface area contributed by atoms with Crippen LogP contribution in [0.2, 0.25) is 0 Å². The summed E-state index contributed by atoms with van der Waals surface area (Å²) in [6, 6.07) is 13.7. The second kappa shape index (κ2) is 8.12.